The molecule has 2 aliphatic heterocycles. The summed E-state index contributed by atoms with van der Waals surface area (Å²) in [6.45, 7) is 1.84. The number of carbonyl (C=O) groups excluding carboxylic acids is 2. The Morgan fingerprint density at radius 1 is 1.19 bits per heavy atom. The van der Waals surface area contributed by atoms with Gasteiger partial charge in [0, 0.05) is 46.9 Å². The summed E-state index contributed by atoms with van der Waals surface area (Å²) in [6.07, 6.45) is 2.73. The summed E-state index contributed by atoms with van der Waals surface area (Å²) >= 11 is 7.41. The quantitative estimate of drug-likeness (QED) is 0.418. The number of rotatable bonds is 5. The van der Waals surface area contributed by atoms with Gasteiger partial charge in [0.15, 0.2) is 5.01 Å². The highest BCUT2D eigenvalue weighted by Crippen LogP contribution is 2.27. The number of thiazole rings is 1. The van der Waals surface area contributed by atoms with Crippen LogP contribution in [0.25, 0.3) is 10.9 Å². The van der Waals surface area contributed by atoms with Crippen LogP contribution in [-0.4, -0.2) is 78.0 Å². The summed E-state index contributed by atoms with van der Waals surface area (Å²) < 4.78 is 26.0. The Hall–Kier alpha value is -2.51. The molecular formula is C23H27ClN6O4S2. The van der Waals surface area contributed by atoms with E-state index in [9.17, 15) is 18.0 Å². The molecule has 0 saturated carbocycles. The van der Waals surface area contributed by atoms with Crippen LogP contribution in [0.1, 0.15) is 43.7 Å². The Labute approximate surface area is 218 Å². The molecule has 3 N–H and O–H groups in total. The zero-order valence-corrected chi connectivity index (χ0v) is 22.3. The van der Waals surface area contributed by atoms with Gasteiger partial charge in [-0.25, -0.2) is 13.4 Å². The van der Waals surface area contributed by atoms with E-state index in [0.29, 0.717) is 29.4 Å². The number of amides is 2. The molecule has 2 aromatic heterocycles. The van der Waals surface area contributed by atoms with Crippen LogP contribution in [0.15, 0.2) is 24.3 Å². The van der Waals surface area contributed by atoms with Crippen LogP contribution in [0.2, 0.25) is 5.02 Å². The lowest BCUT2D eigenvalue weighted by Gasteiger charge is -2.42. The van der Waals surface area contributed by atoms with Crippen molar-refractivity contribution in [2.24, 2.45) is 0 Å². The minimum atomic E-state index is -3.54. The van der Waals surface area contributed by atoms with Crippen LogP contribution in [0.3, 0.4) is 0 Å². The third-order valence-electron chi connectivity index (χ3n) is 6.58. The number of sulfonamides is 1. The number of H-pyrrole nitrogens is 1. The monoisotopic (exact) mass is 550 g/mol. The molecule has 13 heteroatoms. The fraction of sp³-hybridized carbons (Fsp3) is 0.435. The molecule has 3 aromatic rings. The largest absolute Gasteiger partial charge is 0.351 e. The van der Waals surface area contributed by atoms with Crippen molar-refractivity contribution in [1.29, 1.82) is 0 Å². The first-order chi connectivity index (χ1) is 17.0. The predicted molar refractivity (Wildman–Crippen MR) is 139 cm³/mol. The van der Waals surface area contributed by atoms with Crippen LogP contribution in [0.4, 0.5) is 0 Å². The highest BCUT2D eigenvalue weighted by molar-refractivity contribution is 7.88. The molecule has 2 aliphatic rings. The van der Waals surface area contributed by atoms with E-state index in [1.165, 1.54) is 15.6 Å². The summed E-state index contributed by atoms with van der Waals surface area (Å²) in [5.41, 5.74) is 0.639. The molecule has 1 atom stereocenters. The van der Waals surface area contributed by atoms with Crippen molar-refractivity contribution < 1.29 is 18.0 Å². The van der Waals surface area contributed by atoms with Crippen LogP contribution >= 0.6 is 22.9 Å². The Balaban J connectivity index is 1.43. The van der Waals surface area contributed by atoms with Gasteiger partial charge in [0.2, 0.25) is 10.0 Å². The fourth-order valence-electron chi connectivity index (χ4n) is 4.74. The normalized spacial score (nSPS) is 21.3. The van der Waals surface area contributed by atoms with Crippen molar-refractivity contribution >= 4 is 55.7 Å². The van der Waals surface area contributed by atoms with E-state index in [1.54, 1.807) is 24.3 Å². The van der Waals surface area contributed by atoms with Crippen molar-refractivity contribution in [3.63, 3.8) is 0 Å². The molecule has 1 fully saturated rings. The second kappa shape index (κ2) is 9.42. The third-order valence-corrected chi connectivity index (χ3v) is 9.14. The highest BCUT2D eigenvalue weighted by Gasteiger charge is 2.42. The molecular weight excluding hydrogens is 524 g/mol. The zero-order valence-electron chi connectivity index (χ0n) is 19.9. The van der Waals surface area contributed by atoms with Gasteiger partial charge in [-0.1, -0.05) is 11.6 Å². The standard InChI is InChI=1S/C23H27ClN6O4S2/c1-29-9-6-17-19(12-29)35-22(26-17)21(32)28-23(7-3-8-30(13-23)36(2,33)34)27-20(31)18-11-14-10-15(24)4-5-16(14)25-18/h4-5,10-11,25H,3,6-9,12-13H2,1-2H3,(H,27,31)(H,28,32)/t23-/m1/s1. The Morgan fingerprint density at radius 3 is 2.75 bits per heavy atom. The molecule has 0 aliphatic carbocycles. The number of aromatic amines is 1. The zero-order chi connectivity index (χ0) is 25.7. The Kier molecular flexibility index (Phi) is 6.58. The summed E-state index contributed by atoms with van der Waals surface area (Å²) in [4.78, 5) is 37.5. The molecule has 5 rings (SSSR count). The number of fused-ring (bicyclic) bond motifs is 2. The van der Waals surface area contributed by atoms with Crippen LogP contribution in [0, 0.1) is 0 Å². The van der Waals surface area contributed by atoms with E-state index in [0.717, 1.165) is 47.2 Å². The number of nitrogens with zero attached hydrogens (tertiary/aromatic N) is 3. The summed E-state index contributed by atoms with van der Waals surface area (Å²) in [7, 11) is -1.52. The van der Waals surface area contributed by atoms with Gasteiger partial charge in [0.1, 0.15) is 11.4 Å². The lowest BCUT2D eigenvalue weighted by atomic mass is 9.99. The number of piperidine rings is 1. The van der Waals surface area contributed by atoms with Gasteiger partial charge in [-0.05, 0) is 44.2 Å². The number of hydrogen-bond acceptors (Lipinski definition) is 7. The van der Waals surface area contributed by atoms with Gasteiger partial charge in [0.05, 0.1) is 18.5 Å². The van der Waals surface area contributed by atoms with Crippen LogP contribution in [-0.2, 0) is 23.0 Å². The maximum absolute atomic E-state index is 13.4. The lowest BCUT2D eigenvalue weighted by molar-refractivity contribution is 0.0706. The maximum Gasteiger partial charge on any atom is 0.282 e. The molecule has 2 amide bonds. The molecule has 1 saturated heterocycles. The molecule has 0 bridgehead atoms. The van der Waals surface area contributed by atoms with Gasteiger partial charge in [0.25, 0.3) is 11.8 Å². The second-order valence-electron chi connectivity index (χ2n) is 9.48. The first-order valence-corrected chi connectivity index (χ1v) is 14.6. The van der Waals surface area contributed by atoms with Crippen molar-refractivity contribution in [2.75, 3.05) is 32.9 Å². The fourth-order valence-corrected chi connectivity index (χ4v) is 6.92. The van der Waals surface area contributed by atoms with Crippen LogP contribution < -0.4 is 10.6 Å². The van der Waals surface area contributed by atoms with Gasteiger partial charge in [-0.15, -0.1) is 11.3 Å². The minimum absolute atomic E-state index is 0.0802. The minimum Gasteiger partial charge on any atom is -0.351 e. The molecule has 4 heterocycles. The van der Waals surface area contributed by atoms with Gasteiger partial charge in [-0.2, -0.15) is 4.31 Å². The SMILES string of the molecule is CN1CCc2nc(C(=O)N[C@]3(NC(=O)c4cc5cc(Cl)ccc5[nH]4)CCCN(S(C)(=O)=O)C3)sc2C1. The van der Waals surface area contributed by atoms with Gasteiger partial charge < -0.3 is 20.5 Å². The number of likely N-dealkylation sites (N-methyl/N-ethyl adjacent to an activating group) is 1. The lowest BCUT2D eigenvalue weighted by Crippen LogP contribution is -2.68. The Bertz CT molecular complexity index is 1450. The van der Waals surface area contributed by atoms with Crippen molar-refractivity contribution in [3.05, 3.63) is 50.6 Å². The van der Waals surface area contributed by atoms with E-state index in [4.69, 9.17) is 11.6 Å². The van der Waals surface area contributed by atoms with E-state index in [1.807, 2.05) is 7.05 Å². The number of benzene rings is 1. The molecule has 0 radical (unpaired) electrons. The van der Waals surface area contributed by atoms with Crippen LogP contribution in [0.5, 0.6) is 0 Å². The predicted octanol–water partition coefficient (Wildman–Crippen LogP) is 2.18. The maximum atomic E-state index is 13.4. The smallest absolute Gasteiger partial charge is 0.282 e. The van der Waals surface area contributed by atoms with Crippen molar-refractivity contribution in [1.82, 2.24) is 29.8 Å². The van der Waals surface area contributed by atoms with E-state index in [2.05, 4.69) is 25.5 Å². The average Bonchev–Trinajstić information content (AvgIpc) is 3.42. The molecule has 192 valence electrons. The van der Waals surface area contributed by atoms with E-state index in [-0.39, 0.29) is 12.2 Å². The number of nitrogens with one attached hydrogen (secondary N) is 3. The Morgan fingerprint density at radius 2 is 1.97 bits per heavy atom. The molecule has 0 spiro atoms. The molecule has 1 aromatic carbocycles. The topological polar surface area (TPSA) is 128 Å². The summed E-state index contributed by atoms with van der Waals surface area (Å²) in [6, 6.07) is 6.92. The third kappa shape index (κ3) is 5.14. The van der Waals surface area contributed by atoms with E-state index < -0.39 is 27.5 Å². The second-order valence-corrected chi connectivity index (χ2v) is 13.0. The average molecular weight is 551 g/mol. The first kappa shape index (κ1) is 25.2. The van der Waals surface area contributed by atoms with E-state index >= 15 is 0 Å². The summed E-state index contributed by atoms with van der Waals surface area (Å²) in [5.74, 6) is -0.894. The van der Waals surface area contributed by atoms with Gasteiger partial charge >= 0.3 is 0 Å². The number of hydrogen-bond donors (Lipinski definition) is 3. The summed E-state index contributed by atoms with van der Waals surface area (Å²) in [5, 5.41) is 7.48. The first-order valence-electron chi connectivity index (χ1n) is 11.6. The molecule has 10 nitrogen and oxygen atoms in total. The van der Waals surface area contributed by atoms with Gasteiger partial charge in [-0.3, -0.25) is 9.59 Å². The number of carbonyl (C=O) groups is 2. The van der Waals surface area contributed by atoms with Crippen molar-refractivity contribution in [3.8, 4) is 0 Å². The number of aromatic nitrogens is 2. The molecule has 36 heavy (non-hydrogen) atoms. The van der Waals surface area contributed by atoms with Crippen molar-refractivity contribution in [2.45, 2.75) is 31.5 Å². The highest BCUT2D eigenvalue weighted by atomic mass is 35.5. The molecule has 0 unspecified atom stereocenters. The number of halogens is 1.